The van der Waals surface area contributed by atoms with Crippen LogP contribution in [0.3, 0.4) is 0 Å². The van der Waals surface area contributed by atoms with E-state index in [1.165, 1.54) is 0 Å². The summed E-state index contributed by atoms with van der Waals surface area (Å²) in [6.07, 6.45) is 3.00. The molecule has 1 saturated carbocycles. The van der Waals surface area contributed by atoms with Crippen LogP contribution in [0, 0.1) is 5.92 Å². The lowest BCUT2D eigenvalue weighted by Crippen LogP contribution is -2.40. The highest BCUT2D eigenvalue weighted by Crippen LogP contribution is 2.36. The Bertz CT molecular complexity index is 372. The molecule has 2 unspecified atom stereocenters. The third-order valence-electron chi connectivity index (χ3n) is 3.88. The lowest BCUT2D eigenvalue weighted by molar-refractivity contribution is -0.0280. The number of rotatable bonds is 5. The molecule has 0 aliphatic heterocycles. The van der Waals surface area contributed by atoms with Gasteiger partial charge in [-0.1, -0.05) is 6.92 Å². The van der Waals surface area contributed by atoms with Crippen LogP contribution in [0.4, 0.5) is 0 Å². The number of ether oxygens (including phenoxy) is 1. The molecule has 0 spiro atoms. The van der Waals surface area contributed by atoms with Gasteiger partial charge in [0.1, 0.15) is 0 Å². The molecule has 5 heteroatoms. The average Bonchev–Trinajstić information content (AvgIpc) is 2.59. The SMILES string of the molecule is CC1CCC(CN)(OCCS(=O)(=O)C(C)(C)C)C1. The van der Waals surface area contributed by atoms with Gasteiger partial charge in [0, 0.05) is 6.54 Å². The smallest absolute Gasteiger partial charge is 0.157 e. The van der Waals surface area contributed by atoms with Crippen molar-refractivity contribution in [2.75, 3.05) is 18.9 Å². The summed E-state index contributed by atoms with van der Waals surface area (Å²) in [6, 6.07) is 0. The first kappa shape index (κ1) is 15.9. The second-order valence-electron chi connectivity index (χ2n) is 6.51. The number of hydrogen-bond donors (Lipinski definition) is 1. The Kier molecular flexibility index (Phi) is 4.84. The molecule has 1 rings (SSSR count). The van der Waals surface area contributed by atoms with Crippen LogP contribution in [0.15, 0.2) is 0 Å². The lowest BCUT2D eigenvalue weighted by atomic mass is 10.0. The first-order chi connectivity index (χ1) is 8.12. The van der Waals surface area contributed by atoms with Crippen molar-refractivity contribution < 1.29 is 13.2 Å². The van der Waals surface area contributed by atoms with Crippen LogP contribution in [-0.4, -0.2) is 37.7 Å². The fraction of sp³-hybridized carbons (Fsp3) is 1.00. The van der Waals surface area contributed by atoms with Crippen LogP contribution in [0.1, 0.15) is 47.0 Å². The molecular formula is C13H27NO3S. The van der Waals surface area contributed by atoms with Gasteiger partial charge < -0.3 is 10.5 Å². The maximum absolute atomic E-state index is 12.0. The molecule has 2 atom stereocenters. The molecule has 0 radical (unpaired) electrons. The average molecular weight is 277 g/mol. The second kappa shape index (κ2) is 5.47. The van der Waals surface area contributed by atoms with E-state index in [4.69, 9.17) is 10.5 Å². The number of sulfone groups is 1. The van der Waals surface area contributed by atoms with E-state index >= 15 is 0 Å². The van der Waals surface area contributed by atoms with Crippen molar-refractivity contribution in [3.63, 3.8) is 0 Å². The van der Waals surface area contributed by atoms with Crippen molar-refractivity contribution >= 4 is 9.84 Å². The van der Waals surface area contributed by atoms with Gasteiger partial charge in [0.15, 0.2) is 9.84 Å². The minimum Gasteiger partial charge on any atom is -0.373 e. The van der Waals surface area contributed by atoms with Crippen LogP contribution < -0.4 is 5.73 Å². The van der Waals surface area contributed by atoms with E-state index < -0.39 is 14.6 Å². The van der Waals surface area contributed by atoms with Crippen molar-refractivity contribution in [3.05, 3.63) is 0 Å². The molecule has 0 heterocycles. The van der Waals surface area contributed by atoms with E-state index in [1.807, 2.05) is 0 Å². The van der Waals surface area contributed by atoms with E-state index in [1.54, 1.807) is 20.8 Å². The third kappa shape index (κ3) is 3.68. The summed E-state index contributed by atoms with van der Waals surface area (Å²) in [5, 5.41) is 0. The highest BCUT2D eigenvalue weighted by Gasteiger charge is 2.38. The van der Waals surface area contributed by atoms with E-state index in [0.29, 0.717) is 12.5 Å². The zero-order valence-electron chi connectivity index (χ0n) is 12.0. The monoisotopic (exact) mass is 277 g/mol. The molecule has 0 bridgehead atoms. The van der Waals surface area contributed by atoms with Crippen LogP contribution >= 0.6 is 0 Å². The largest absolute Gasteiger partial charge is 0.373 e. The highest BCUT2D eigenvalue weighted by molar-refractivity contribution is 7.92. The maximum Gasteiger partial charge on any atom is 0.157 e. The Morgan fingerprint density at radius 1 is 1.39 bits per heavy atom. The molecule has 0 aromatic rings. The summed E-state index contributed by atoms with van der Waals surface area (Å²) in [5.74, 6) is 0.694. The summed E-state index contributed by atoms with van der Waals surface area (Å²) in [5.41, 5.74) is 5.51. The lowest BCUT2D eigenvalue weighted by Gasteiger charge is -2.29. The Labute approximate surface area is 111 Å². The minimum absolute atomic E-state index is 0.0760. The molecule has 108 valence electrons. The van der Waals surface area contributed by atoms with Gasteiger partial charge in [0.25, 0.3) is 0 Å². The van der Waals surface area contributed by atoms with Gasteiger partial charge >= 0.3 is 0 Å². The maximum atomic E-state index is 12.0. The van der Waals surface area contributed by atoms with Crippen molar-refractivity contribution in [1.82, 2.24) is 0 Å². The molecule has 0 aromatic heterocycles. The predicted molar refractivity (Wildman–Crippen MR) is 74.3 cm³/mol. The van der Waals surface area contributed by atoms with E-state index in [9.17, 15) is 8.42 Å². The summed E-state index contributed by atoms with van der Waals surface area (Å²) in [7, 11) is -3.10. The van der Waals surface area contributed by atoms with E-state index in [2.05, 4.69) is 6.92 Å². The van der Waals surface area contributed by atoms with Crippen LogP contribution in [-0.2, 0) is 14.6 Å². The molecule has 1 aliphatic carbocycles. The Morgan fingerprint density at radius 3 is 2.39 bits per heavy atom. The van der Waals surface area contributed by atoms with Gasteiger partial charge in [-0.2, -0.15) is 0 Å². The van der Waals surface area contributed by atoms with Gasteiger partial charge in [-0.3, -0.25) is 0 Å². The first-order valence-electron chi connectivity index (χ1n) is 6.68. The van der Waals surface area contributed by atoms with E-state index in [0.717, 1.165) is 19.3 Å². The molecule has 1 aliphatic rings. The predicted octanol–water partition coefficient (Wildman–Crippen LogP) is 1.73. The summed E-state index contributed by atoms with van der Waals surface area (Å²) in [6.45, 7) is 8.08. The quantitative estimate of drug-likeness (QED) is 0.831. The fourth-order valence-corrected chi connectivity index (χ4v) is 3.31. The molecule has 2 N–H and O–H groups in total. The van der Waals surface area contributed by atoms with Gasteiger partial charge in [-0.15, -0.1) is 0 Å². The minimum atomic E-state index is -3.10. The zero-order chi connectivity index (χ0) is 14.0. The first-order valence-corrected chi connectivity index (χ1v) is 8.33. The molecule has 18 heavy (non-hydrogen) atoms. The molecule has 0 aromatic carbocycles. The van der Waals surface area contributed by atoms with Crippen LogP contribution in [0.2, 0.25) is 0 Å². The summed E-state index contributed by atoms with van der Waals surface area (Å²) in [4.78, 5) is 0. The zero-order valence-corrected chi connectivity index (χ0v) is 12.8. The number of nitrogens with two attached hydrogens (primary N) is 1. The Balaban J connectivity index is 2.51. The van der Waals surface area contributed by atoms with Crippen molar-refractivity contribution in [1.29, 1.82) is 0 Å². The van der Waals surface area contributed by atoms with Gasteiger partial charge in [-0.25, -0.2) is 8.42 Å². The van der Waals surface area contributed by atoms with Crippen molar-refractivity contribution in [2.45, 2.75) is 57.3 Å². The Morgan fingerprint density at radius 2 is 2.00 bits per heavy atom. The standard InChI is InChI=1S/C13H27NO3S/c1-11-5-6-13(9-11,10-14)17-7-8-18(15,16)12(2,3)4/h11H,5-10,14H2,1-4H3. The van der Waals surface area contributed by atoms with E-state index in [-0.39, 0.29) is 18.0 Å². The number of hydrogen-bond acceptors (Lipinski definition) is 4. The third-order valence-corrected chi connectivity index (χ3v) is 6.45. The molecule has 0 saturated heterocycles. The van der Waals surface area contributed by atoms with Gasteiger partial charge in [0.2, 0.25) is 0 Å². The molecule has 1 fully saturated rings. The summed E-state index contributed by atoms with van der Waals surface area (Å²) >= 11 is 0. The highest BCUT2D eigenvalue weighted by atomic mass is 32.2. The van der Waals surface area contributed by atoms with Crippen molar-refractivity contribution in [2.24, 2.45) is 11.7 Å². The second-order valence-corrected chi connectivity index (χ2v) is 9.38. The molecular weight excluding hydrogens is 250 g/mol. The summed E-state index contributed by atoms with van der Waals surface area (Å²) < 4.78 is 29.1. The van der Waals surface area contributed by atoms with Gasteiger partial charge in [-0.05, 0) is 46.0 Å². The molecule has 4 nitrogen and oxygen atoms in total. The normalized spacial score (nSPS) is 29.7. The molecule has 0 amide bonds. The van der Waals surface area contributed by atoms with Crippen molar-refractivity contribution in [3.8, 4) is 0 Å². The topological polar surface area (TPSA) is 69.4 Å². The van der Waals surface area contributed by atoms with Gasteiger partial charge in [0.05, 0.1) is 22.7 Å². The van der Waals surface area contributed by atoms with Crippen LogP contribution in [0.25, 0.3) is 0 Å². The Hall–Kier alpha value is -0.130. The fourth-order valence-electron chi connectivity index (χ4n) is 2.40. The van der Waals surface area contributed by atoms with Crippen LogP contribution in [0.5, 0.6) is 0 Å².